The van der Waals surface area contributed by atoms with Crippen LogP contribution in [0.25, 0.3) is 0 Å². The van der Waals surface area contributed by atoms with Gasteiger partial charge in [0, 0.05) is 12.8 Å². The van der Waals surface area contributed by atoms with E-state index in [1.54, 1.807) is 0 Å². The minimum atomic E-state index is -5.11. The molecule has 6 unspecified atom stereocenters. The molecule has 1 aliphatic carbocycles. The maximum Gasteiger partial charge on any atom is 0.472 e. The number of phosphoric ester groups is 1. The monoisotopic (exact) mass is 823 g/mol. The molecule has 0 radical (unpaired) electrons. The number of phosphoric acid groups is 1. The summed E-state index contributed by atoms with van der Waals surface area (Å²) in [5.41, 5.74) is 0. The summed E-state index contributed by atoms with van der Waals surface area (Å²) in [6, 6.07) is 0. The number of unbranched alkanes of at least 4 members (excludes halogenated alkanes) is 22. The first-order valence-corrected chi connectivity index (χ1v) is 23.5. The van der Waals surface area contributed by atoms with Gasteiger partial charge in [-0.25, -0.2) is 4.57 Å². The second-order valence-corrected chi connectivity index (χ2v) is 17.0. The minimum Gasteiger partial charge on any atom is -0.462 e. The maximum absolute atomic E-state index is 12.8. The van der Waals surface area contributed by atoms with Crippen LogP contribution in [0.5, 0.6) is 0 Å². The molecule has 0 aromatic heterocycles. The summed E-state index contributed by atoms with van der Waals surface area (Å²) < 4.78 is 33.4. The van der Waals surface area contributed by atoms with Gasteiger partial charge in [-0.15, -0.1) is 0 Å². The standard InChI is InChI=1S/C42H79O13P/c1-3-5-7-9-11-13-15-17-18-19-21-22-24-26-28-30-35(43)52-32-34(54-36(44)31-29-27-25-23-20-16-14-12-10-8-6-4-2)33-53-56(50,51)55-42-40(48)38(46)37(45)39(47)41(42)49/h21-22,34,37-42,45-49H,3-20,23-33H2,1-2H3,(H,50,51)/b22-21+/t34-,37?,38-,39?,40?,41?,42?/m0/s1. The van der Waals surface area contributed by atoms with Gasteiger partial charge in [0.25, 0.3) is 0 Å². The Morgan fingerprint density at radius 2 is 0.911 bits per heavy atom. The van der Waals surface area contributed by atoms with E-state index >= 15 is 0 Å². The zero-order valence-electron chi connectivity index (χ0n) is 34.7. The molecule has 0 amide bonds. The smallest absolute Gasteiger partial charge is 0.462 e. The Morgan fingerprint density at radius 3 is 1.39 bits per heavy atom. The van der Waals surface area contributed by atoms with Crippen LogP contribution >= 0.6 is 7.82 Å². The van der Waals surface area contributed by atoms with Crippen molar-refractivity contribution in [3.63, 3.8) is 0 Å². The number of esters is 2. The van der Waals surface area contributed by atoms with E-state index in [1.807, 2.05) is 0 Å². The van der Waals surface area contributed by atoms with Gasteiger partial charge in [-0.05, 0) is 38.5 Å². The van der Waals surface area contributed by atoms with Gasteiger partial charge in [-0.3, -0.25) is 18.6 Å². The predicted molar refractivity (Wildman–Crippen MR) is 217 cm³/mol. The fourth-order valence-electron chi connectivity index (χ4n) is 6.75. The second-order valence-electron chi connectivity index (χ2n) is 15.6. The Morgan fingerprint density at radius 1 is 0.536 bits per heavy atom. The number of hydrogen-bond donors (Lipinski definition) is 6. The van der Waals surface area contributed by atoms with Crippen LogP contribution in [0.2, 0.25) is 0 Å². The van der Waals surface area contributed by atoms with Crippen molar-refractivity contribution in [2.45, 2.75) is 230 Å². The average Bonchev–Trinajstić information content (AvgIpc) is 3.18. The Kier molecular flexibility index (Phi) is 31.4. The van der Waals surface area contributed by atoms with E-state index in [1.165, 1.54) is 103 Å². The lowest BCUT2D eigenvalue weighted by atomic mass is 9.85. The SMILES string of the molecule is CCCCCCCCCCC/C=C/CCCCC(=O)OC[C@@H](COP(=O)(O)OC1C(O)C(O)C(O)[C@H](O)C1O)OC(=O)CCCCCCCCCCCCCC. The summed E-state index contributed by atoms with van der Waals surface area (Å²) >= 11 is 0. The van der Waals surface area contributed by atoms with E-state index in [4.69, 9.17) is 18.5 Å². The molecule has 0 bridgehead atoms. The Hall–Kier alpha value is -1.41. The largest absolute Gasteiger partial charge is 0.472 e. The summed E-state index contributed by atoms with van der Waals surface area (Å²) in [5, 5.41) is 50.0. The lowest BCUT2D eigenvalue weighted by Gasteiger charge is -2.41. The zero-order valence-corrected chi connectivity index (χ0v) is 35.6. The molecule has 1 rings (SSSR count). The van der Waals surface area contributed by atoms with Gasteiger partial charge in [0.1, 0.15) is 43.2 Å². The molecule has 1 fully saturated rings. The molecule has 0 aliphatic heterocycles. The molecular formula is C42H79O13P. The first-order valence-electron chi connectivity index (χ1n) is 22.0. The van der Waals surface area contributed by atoms with Gasteiger partial charge in [0.15, 0.2) is 6.10 Å². The lowest BCUT2D eigenvalue weighted by molar-refractivity contribution is -0.220. The molecule has 0 aromatic carbocycles. The van der Waals surface area contributed by atoms with Crippen molar-refractivity contribution in [3.8, 4) is 0 Å². The van der Waals surface area contributed by atoms with Crippen LogP contribution in [0.4, 0.5) is 0 Å². The summed E-state index contributed by atoms with van der Waals surface area (Å²) in [7, 11) is -5.11. The Balaban J connectivity index is 2.49. The van der Waals surface area contributed by atoms with Crippen molar-refractivity contribution < 1.29 is 63.1 Å². The number of allylic oxidation sites excluding steroid dienone is 2. The van der Waals surface area contributed by atoms with E-state index in [0.717, 1.165) is 44.9 Å². The summed E-state index contributed by atoms with van der Waals surface area (Å²) in [5.74, 6) is -1.12. The van der Waals surface area contributed by atoms with Crippen LogP contribution in [0.3, 0.4) is 0 Å². The predicted octanol–water partition coefficient (Wildman–Crippen LogP) is 7.89. The third-order valence-electron chi connectivity index (χ3n) is 10.4. The fraction of sp³-hybridized carbons (Fsp3) is 0.905. The van der Waals surface area contributed by atoms with Gasteiger partial charge in [-0.2, -0.15) is 0 Å². The number of aliphatic hydroxyl groups excluding tert-OH is 5. The highest BCUT2D eigenvalue weighted by molar-refractivity contribution is 7.47. The number of ether oxygens (including phenoxy) is 2. The molecule has 0 heterocycles. The molecular weight excluding hydrogens is 743 g/mol. The van der Waals surface area contributed by atoms with E-state index in [-0.39, 0.29) is 12.8 Å². The molecule has 0 aromatic rings. The quantitative estimate of drug-likeness (QED) is 0.0154. The van der Waals surface area contributed by atoms with Crippen molar-refractivity contribution in [1.29, 1.82) is 0 Å². The van der Waals surface area contributed by atoms with E-state index in [9.17, 15) is 44.6 Å². The minimum absolute atomic E-state index is 0.0976. The molecule has 330 valence electrons. The third kappa shape index (κ3) is 25.8. The fourth-order valence-corrected chi connectivity index (χ4v) is 7.73. The van der Waals surface area contributed by atoms with Crippen molar-refractivity contribution in [3.05, 3.63) is 12.2 Å². The number of aliphatic hydroxyl groups is 5. The summed E-state index contributed by atoms with van der Waals surface area (Å²) in [4.78, 5) is 35.6. The first kappa shape index (κ1) is 52.6. The van der Waals surface area contributed by atoms with Gasteiger partial charge < -0.3 is 39.9 Å². The topological polar surface area (TPSA) is 210 Å². The zero-order chi connectivity index (χ0) is 41.4. The van der Waals surface area contributed by atoms with Gasteiger partial charge >= 0.3 is 19.8 Å². The molecule has 1 saturated carbocycles. The molecule has 0 spiro atoms. The molecule has 1 aliphatic rings. The second kappa shape index (κ2) is 33.4. The highest BCUT2D eigenvalue weighted by Crippen LogP contribution is 2.47. The molecule has 13 nitrogen and oxygen atoms in total. The van der Waals surface area contributed by atoms with E-state index in [0.29, 0.717) is 12.8 Å². The van der Waals surface area contributed by atoms with Crippen molar-refractivity contribution in [2.24, 2.45) is 0 Å². The maximum atomic E-state index is 12.8. The molecule has 0 saturated heterocycles. The van der Waals surface area contributed by atoms with Crippen LogP contribution in [-0.4, -0.2) is 98.3 Å². The van der Waals surface area contributed by atoms with Crippen LogP contribution in [-0.2, 0) is 32.7 Å². The summed E-state index contributed by atoms with van der Waals surface area (Å²) in [6.07, 6.45) is 19.9. The van der Waals surface area contributed by atoms with E-state index < -0.39 is 75.7 Å². The third-order valence-corrected chi connectivity index (χ3v) is 11.3. The van der Waals surface area contributed by atoms with Crippen LogP contribution in [0.1, 0.15) is 187 Å². The number of carbonyl (C=O) groups excluding carboxylic acids is 2. The Bertz CT molecular complexity index is 1040. The summed E-state index contributed by atoms with van der Waals surface area (Å²) in [6.45, 7) is 3.27. The van der Waals surface area contributed by atoms with Crippen molar-refractivity contribution in [2.75, 3.05) is 13.2 Å². The van der Waals surface area contributed by atoms with Crippen molar-refractivity contribution in [1.82, 2.24) is 0 Å². The number of carbonyl (C=O) groups is 2. The Labute approximate surface area is 337 Å². The van der Waals surface area contributed by atoms with Gasteiger partial charge in [-0.1, -0.05) is 148 Å². The highest BCUT2D eigenvalue weighted by atomic mass is 31.2. The van der Waals surface area contributed by atoms with Gasteiger partial charge in [0.05, 0.1) is 6.61 Å². The van der Waals surface area contributed by atoms with Crippen molar-refractivity contribution >= 4 is 19.8 Å². The van der Waals surface area contributed by atoms with Crippen LogP contribution < -0.4 is 0 Å². The number of rotatable bonds is 36. The van der Waals surface area contributed by atoms with Crippen LogP contribution in [0.15, 0.2) is 12.2 Å². The number of hydrogen-bond acceptors (Lipinski definition) is 12. The van der Waals surface area contributed by atoms with E-state index in [2.05, 4.69) is 26.0 Å². The normalized spacial score (nSPS) is 22.9. The van der Waals surface area contributed by atoms with Gasteiger partial charge in [0.2, 0.25) is 0 Å². The highest BCUT2D eigenvalue weighted by Gasteiger charge is 2.51. The van der Waals surface area contributed by atoms with Crippen LogP contribution in [0, 0.1) is 0 Å². The lowest BCUT2D eigenvalue weighted by Crippen LogP contribution is -2.64. The molecule has 56 heavy (non-hydrogen) atoms. The molecule has 14 heteroatoms. The molecule has 8 atom stereocenters. The molecule has 6 N–H and O–H groups in total. The first-order chi connectivity index (χ1) is 26.9. The average molecular weight is 823 g/mol.